The third-order valence-corrected chi connectivity index (χ3v) is 2.91. The van der Waals surface area contributed by atoms with Crippen LogP contribution in [0.25, 0.3) is 0 Å². The molecular weight excluding hydrogens is 245 g/mol. The van der Waals surface area contributed by atoms with Gasteiger partial charge in [-0.15, -0.1) is 0 Å². The molecule has 0 saturated carbocycles. The third-order valence-electron chi connectivity index (χ3n) is 2.91. The zero-order chi connectivity index (χ0) is 12.7. The van der Waals surface area contributed by atoms with E-state index in [9.17, 15) is 13.2 Å². The van der Waals surface area contributed by atoms with Crippen molar-refractivity contribution in [1.82, 2.24) is 14.5 Å². The fraction of sp³-hybridized carbons (Fsp3) is 0.273. The lowest BCUT2D eigenvalue weighted by Gasteiger charge is -2.28. The maximum atomic E-state index is 13.6. The van der Waals surface area contributed by atoms with Crippen LogP contribution in [0.5, 0.6) is 0 Å². The van der Waals surface area contributed by atoms with Gasteiger partial charge in [0.25, 0.3) is 5.95 Å². The molecular formula is C11H9F3N4. The molecule has 0 spiro atoms. The minimum absolute atomic E-state index is 0.178. The van der Waals surface area contributed by atoms with E-state index in [1.165, 1.54) is 0 Å². The van der Waals surface area contributed by atoms with Gasteiger partial charge in [0.15, 0.2) is 17.5 Å². The van der Waals surface area contributed by atoms with Gasteiger partial charge in [-0.2, -0.15) is 9.37 Å². The van der Waals surface area contributed by atoms with Crippen molar-refractivity contribution < 1.29 is 13.2 Å². The second kappa shape index (κ2) is 4.01. The first-order valence-corrected chi connectivity index (χ1v) is 5.41. The molecule has 2 aromatic heterocycles. The van der Waals surface area contributed by atoms with E-state index in [0.717, 1.165) is 5.82 Å². The zero-order valence-corrected chi connectivity index (χ0v) is 9.28. The van der Waals surface area contributed by atoms with Gasteiger partial charge in [0.05, 0.1) is 6.54 Å². The Kier molecular flexibility index (Phi) is 2.46. The monoisotopic (exact) mass is 254 g/mol. The largest absolute Gasteiger partial charge is 0.345 e. The van der Waals surface area contributed by atoms with Gasteiger partial charge in [0.2, 0.25) is 0 Å². The molecule has 0 atom stereocenters. The number of aromatic nitrogens is 3. The summed E-state index contributed by atoms with van der Waals surface area (Å²) in [6.45, 7) is 1.40. The Morgan fingerprint density at radius 2 is 1.94 bits per heavy atom. The maximum Gasteiger partial charge on any atom is 0.251 e. The highest BCUT2D eigenvalue weighted by atomic mass is 19.2. The van der Waals surface area contributed by atoms with Crippen molar-refractivity contribution in [3.8, 4) is 0 Å². The van der Waals surface area contributed by atoms with Crippen LogP contribution in [0, 0.1) is 17.6 Å². The zero-order valence-electron chi connectivity index (χ0n) is 9.28. The van der Waals surface area contributed by atoms with Crippen LogP contribution < -0.4 is 4.90 Å². The first-order valence-electron chi connectivity index (χ1n) is 5.41. The molecule has 0 N–H and O–H groups in total. The molecule has 0 aliphatic carbocycles. The van der Waals surface area contributed by atoms with Crippen LogP contribution >= 0.6 is 0 Å². The van der Waals surface area contributed by atoms with Crippen LogP contribution in [0.15, 0.2) is 18.5 Å². The van der Waals surface area contributed by atoms with Gasteiger partial charge >= 0.3 is 0 Å². The summed E-state index contributed by atoms with van der Waals surface area (Å²) in [4.78, 5) is 8.97. The molecule has 0 saturated heterocycles. The number of hydrogen-bond acceptors (Lipinski definition) is 3. The lowest BCUT2D eigenvalue weighted by Crippen LogP contribution is -2.35. The van der Waals surface area contributed by atoms with Crippen LogP contribution in [0.4, 0.5) is 19.0 Å². The first-order chi connectivity index (χ1) is 8.65. The molecule has 3 heterocycles. The summed E-state index contributed by atoms with van der Waals surface area (Å²) in [5.74, 6) is -2.88. The van der Waals surface area contributed by atoms with E-state index in [1.54, 1.807) is 11.1 Å². The van der Waals surface area contributed by atoms with Gasteiger partial charge in [0, 0.05) is 31.5 Å². The quantitative estimate of drug-likeness (QED) is 0.726. The predicted molar refractivity (Wildman–Crippen MR) is 57.4 cm³/mol. The normalized spacial score (nSPS) is 14.7. The predicted octanol–water partition coefficient (Wildman–Crippen LogP) is 1.72. The Labute approximate surface area is 101 Å². The number of imidazole rings is 1. The Balaban J connectivity index is 1.95. The van der Waals surface area contributed by atoms with E-state index >= 15 is 0 Å². The lowest BCUT2D eigenvalue weighted by molar-refractivity contribution is 0.457. The molecule has 3 rings (SSSR count). The highest BCUT2D eigenvalue weighted by Crippen LogP contribution is 2.22. The van der Waals surface area contributed by atoms with Gasteiger partial charge in [-0.1, -0.05) is 0 Å². The number of fused-ring (bicyclic) bond motifs is 1. The molecule has 4 nitrogen and oxygen atoms in total. The van der Waals surface area contributed by atoms with E-state index in [0.29, 0.717) is 25.7 Å². The van der Waals surface area contributed by atoms with Crippen molar-refractivity contribution >= 4 is 5.82 Å². The molecule has 1 aliphatic heterocycles. The number of rotatable bonds is 1. The highest BCUT2D eigenvalue weighted by molar-refractivity contribution is 5.41. The smallest absolute Gasteiger partial charge is 0.251 e. The highest BCUT2D eigenvalue weighted by Gasteiger charge is 2.22. The standard InChI is InChI=1S/C11H9F3N4/c12-7-5-8(13)11(16-10(7)14)18-4-3-17-2-1-15-9(17)6-18/h1-2,5H,3-4,6H2. The summed E-state index contributed by atoms with van der Waals surface area (Å²) >= 11 is 0. The number of anilines is 1. The van der Waals surface area contributed by atoms with Gasteiger partial charge in [0.1, 0.15) is 5.82 Å². The van der Waals surface area contributed by atoms with Gasteiger partial charge < -0.3 is 9.47 Å². The van der Waals surface area contributed by atoms with Crippen LogP contribution in [0.2, 0.25) is 0 Å². The van der Waals surface area contributed by atoms with Crippen LogP contribution in [0.3, 0.4) is 0 Å². The average molecular weight is 254 g/mol. The molecule has 0 aromatic carbocycles. The van der Waals surface area contributed by atoms with Crippen LogP contribution in [0.1, 0.15) is 5.82 Å². The number of halogens is 3. The van der Waals surface area contributed by atoms with E-state index < -0.39 is 17.6 Å². The van der Waals surface area contributed by atoms with Gasteiger partial charge in [-0.25, -0.2) is 13.8 Å². The Morgan fingerprint density at radius 3 is 2.78 bits per heavy atom. The topological polar surface area (TPSA) is 34.0 Å². The number of hydrogen-bond donors (Lipinski definition) is 0. The molecule has 0 bridgehead atoms. The molecule has 0 amide bonds. The van der Waals surface area contributed by atoms with Crippen molar-refractivity contribution in [1.29, 1.82) is 0 Å². The van der Waals surface area contributed by atoms with Crippen molar-refractivity contribution in [3.05, 3.63) is 41.9 Å². The average Bonchev–Trinajstić information content (AvgIpc) is 2.80. The summed E-state index contributed by atoms with van der Waals surface area (Å²) in [7, 11) is 0. The molecule has 1 aliphatic rings. The molecule has 0 fully saturated rings. The van der Waals surface area contributed by atoms with Crippen molar-refractivity contribution in [2.24, 2.45) is 0 Å². The second-order valence-corrected chi connectivity index (χ2v) is 4.02. The van der Waals surface area contributed by atoms with Crippen molar-refractivity contribution in [2.45, 2.75) is 13.1 Å². The van der Waals surface area contributed by atoms with E-state index in [-0.39, 0.29) is 5.82 Å². The molecule has 0 radical (unpaired) electrons. The van der Waals surface area contributed by atoms with Crippen LogP contribution in [-0.4, -0.2) is 21.1 Å². The molecule has 7 heteroatoms. The maximum absolute atomic E-state index is 13.6. The number of pyridine rings is 1. The van der Waals surface area contributed by atoms with Gasteiger partial charge in [-0.05, 0) is 0 Å². The van der Waals surface area contributed by atoms with Crippen molar-refractivity contribution in [3.63, 3.8) is 0 Å². The summed E-state index contributed by atoms with van der Waals surface area (Å²) in [6.07, 6.45) is 3.47. The van der Waals surface area contributed by atoms with Crippen LogP contribution in [-0.2, 0) is 13.1 Å². The SMILES string of the molecule is Fc1cc(F)c(N2CCn3ccnc3C2)nc1F. The Hall–Kier alpha value is -2.05. The third kappa shape index (κ3) is 1.71. The van der Waals surface area contributed by atoms with E-state index in [4.69, 9.17) is 0 Å². The summed E-state index contributed by atoms with van der Waals surface area (Å²) < 4.78 is 41.4. The Bertz CT molecular complexity index is 596. The minimum Gasteiger partial charge on any atom is -0.345 e. The molecule has 0 unspecified atom stereocenters. The molecule has 18 heavy (non-hydrogen) atoms. The van der Waals surface area contributed by atoms with E-state index in [1.807, 2.05) is 10.8 Å². The summed E-state index contributed by atoms with van der Waals surface area (Å²) in [5, 5.41) is 0. The van der Waals surface area contributed by atoms with Gasteiger partial charge in [-0.3, -0.25) is 0 Å². The lowest BCUT2D eigenvalue weighted by atomic mass is 10.3. The van der Waals surface area contributed by atoms with E-state index in [2.05, 4.69) is 9.97 Å². The molecule has 2 aromatic rings. The fourth-order valence-corrected chi connectivity index (χ4v) is 2.01. The number of nitrogens with zero attached hydrogens (tertiary/aromatic N) is 4. The Morgan fingerprint density at radius 1 is 1.11 bits per heavy atom. The molecule has 94 valence electrons. The second-order valence-electron chi connectivity index (χ2n) is 4.02. The summed E-state index contributed by atoms with van der Waals surface area (Å²) in [5.41, 5.74) is 0. The minimum atomic E-state index is -1.29. The first kappa shape index (κ1) is 11.1. The fourth-order valence-electron chi connectivity index (χ4n) is 2.01. The summed E-state index contributed by atoms with van der Waals surface area (Å²) in [6, 6.07) is 0.513. The van der Waals surface area contributed by atoms with Crippen molar-refractivity contribution in [2.75, 3.05) is 11.4 Å².